The summed E-state index contributed by atoms with van der Waals surface area (Å²) in [5, 5.41) is 8.51. The number of aromatic nitrogens is 1. The van der Waals surface area contributed by atoms with Crippen LogP contribution in [0.2, 0.25) is 0 Å². The van der Waals surface area contributed by atoms with E-state index in [9.17, 15) is 9.59 Å². The number of hydrogen-bond donors (Lipinski definition) is 1. The Kier molecular flexibility index (Phi) is 4.40. The number of anilines is 1. The first kappa shape index (κ1) is 16.7. The Labute approximate surface area is 157 Å². The second kappa shape index (κ2) is 6.86. The van der Waals surface area contributed by atoms with Gasteiger partial charge in [0.05, 0.1) is 17.0 Å². The molecule has 7 heteroatoms. The molecule has 1 amide bonds. The minimum Gasteiger partial charge on any atom is -0.423 e. The summed E-state index contributed by atoms with van der Waals surface area (Å²) >= 11 is 3.16. The number of fused-ring (bicyclic) bond motifs is 1. The number of nitrogens with zero attached hydrogens (tertiary/aromatic N) is 1. The van der Waals surface area contributed by atoms with Crippen LogP contribution in [0.25, 0.3) is 20.9 Å². The quantitative estimate of drug-likeness (QED) is 0.529. The number of hydrogen-bond acceptors (Lipinski definition) is 6. The lowest BCUT2D eigenvalue weighted by Crippen LogP contribution is -2.14. The lowest BCUT2D eigenvalue weighted by atomic mass is 10.1. The smallest absolute Gasteiger partial charge is 0.336 e. The summed E-state index contributed by atoms with van der Waals surface area (Å²) in [5.41, 5.74) is 2.23. The molecule has 0 unspecified atom stereocenters. The fourth-order valence-electron chi connectivity index (χ4n) is 2.67. The zero-order valence-electron chi connectivity index (χ0n) is 13.8. The highest BCUT2D eigenvalue weighted by Crippen LogP contribution is 2.28. The molecule has 0 aliphatic heterocycles. The van der Waals surface area contributed by atoms with Crippen LogP contribution < -0.4 is 10.9 Å². The van der Waals surface area contributed by atoms with Crippen LogP contribution in [0.5, 0.6) is 0 Å². The first-order chi connectivity index (χ1) is 12.6. The molecule has 0 saturated carbocycles. The number of carbonyl (C=O) groups is 1. The maximum atomic E-state index is 12.3. The number of amides is 1. The Bertz CT molecular complexity index is 1140. The molecule has 0 bridgehead atoms. The SMILES string of the molecule is Cc1cc(=O)oc2cc(NC(=O)Cc3csc(-c4cccs4)n3)ccc12. The molecule has 4 rings (SSSR count). The predicted molar refractivity (Wildman–Crippen MR) is 105 cm³/mol. The topological polar surface area (TPSA) is 72.2 Å². The highest BCUT2D eigenvalue weighted by atomic mass is 32.1. The van der Waals surface area contributed by atoms with Gasteiger partial charge in [-0.25, -0.2) is 9.78 Å². The van der Waals surface area contributed by atoms with Gasteiger partial charge in [0, 0.05) is 28.6 Å². The highest BCUT2D eigenvalue weighted by Gasteiger charge is 2.11. The van der Waals surface area contributed by atoms with Crippen molar-refractivity contribution in [1.82, 2.24) is 4.98 Å². The summed E-state index contributed by atoms with van der Waals surface area (Å²) in [4.78, 5) is 29.4. The van der Waals surface area contributed by atoms with Gasteiger partial charge in [0.25, 0.3) is 0 Å². The van der Waals surface area contributed by atoms with Gasteiger partial charge in [-0.2, -0.15) is 0 Å². The first-order valence-corrected chi connectivity index (χ1v) is 9.67. The predicted octanol–water partition coefficient (Wildman–Crippen LogP) is 4.47. The molecular weight excluding hydrogens is 368 g/mol. The molecule has 3 heterocycles. The van der Waals surface area contributed by atoms with Crippen LogP contribution in [0, 0.1) is 6.92 Å². The molecule has 0 saturated heterocycles. The monoisotopic (exact) mass is 382 g/mol. The maximum absolute atomic E-state index is 12.3. The number of carbonyl (C=O) groups excluding carboxylic acids is 1. The van der Waals surface area contributed by atoms with Crippen molar-refractivity contribution in [2.24, 2.45) is 0 Å². The molecule has 0 fully saturated rings. The molecule has 130 valence electrons. The average Bonchev–Trinajstić information content (AvgIpc) is 3.25. The van der Waals surface area contributed by atoms with Crippen LogP contribution >= 0.6 is 22.7 Å². The number of nitrogens with one attached hydrogen (secondary N) is 1. The van der Waals surface area contributed by atoms with Crippen LogP contribution in [-0.2, 0) is 11.2 Å². The summed E-state index contributed by atoms with van der Waals surface area (Å²) in [7, 11) is 0. The summed E-state index contributed by atoms with van der Waals surface area (Å²) in [6, 6.07) is 10.7. The van der Waals surface area contributed by atoms with Gasteiger partial charge in [-0.3, -0.25) is 4.79 Å². The minimum atomic E-state index is -0.401. The zero-order chi connectivity index (χ0) is 18.1. The van der Waals surface area contributed by atoms with E-state index in [0.717, 1.165) is 26.5 Å². The van der Waals surface area contributed by atoms with E-state index in [-0.39, 0.29) is 12.3 Å². The van der Waals surface area contributed by atoms with E-state index in [1.54, 1.807) is 23.5 Å². The normalized spacial score (nSPS) is 11.0. The summed E-state index contributed by atoms with van der Waals surface area (Å²) in [5.74, 6) is -0.164. The molecule has 4 aromatic rings. The van der Waals surface area contributed by atoms with Gasteiger partial charge in [-0.05, 0) is 36.1 Å². The number of rotatable bonds is 4. The fraction of sp³-hybridized carbons (Fsp3) is 0.105. The van der Waals surface area contributed by atoms with E-state index < -0.39 is 5.63 Å². The van der Waals surface area contributed by atoms with Gasteiger partial charge in [-0.15, -0.1) is 22.7 Å². The molecule has 0 aliphatic carbocycles. The number of aryl methyl sites for hydroxylation is 1. The Morgan fingerprint density at radius 2 is 2.12 bits per heavy atom. The number of thiophene rings is 1. The zero-order valence-corrected chi connectivity index (χ0v) is 15.4. The van der Waals surface area contributed by atoms with Gasteiger partial charge in [0.15, 0.2) is 0 Å². The number of thiazole rings is 1. The van der Waals surface area contributed by atoms with Crippen molar-refractivity contribution in [3.63, 3.8) is 0 Å². The van der Waals surface area contributed by atoms with Gasteiger partial charge in [-0.1, -0.05) is 6.07 Å². The molecule has 3 aromatic heterocycles. The fourth-order valence-corrected chi connectivity index (χ4v) is 4.31. The Morgan fingerprint density at radius 3 is 2.92 bits per heavy atom. The molecular formula is C19H14N2O3S2. The third kappa shape index (κ3) is 3.44. The van der Waals surface area contributed by atoms with Crippen molar-refractivity contribution in [2.75, 3.05) is 5.32 Å². The summed E-state index contributed by atoms with van der Waals surface area (Å²) in [6.45, 7) is 1.85. The molecule has 1 aromatic carbocycles. The Morgan fingerprint density at radius 1 is 1.23 bits per heavy atom. The molecule has 0 aliphatic rings. The van der Waals surface area contributed by atoms with Gasteiger partial charge >= 0.3 is 5.63 Å². The summed E-state index contributed by atoms with van der Waals surface area (Å²) in [6.07, 6.45) is 0.192. The lowest BCUT2D eigenvalue weighted by molar-refractivity contribution is -0.115. The Balaban J connectivity index is 1.50. The van der Waals surface area contributed by atoms with Gasteiger partial charge < -0.3 is 9.73 Å². The van der Waals surface area contributed by atoms with Crippen molar-refractivity contribution in [3.8, 4) is 9.88 Å². The minimum absolute atomic E-state index is 0.164. The van der Waals surface area contributed by atoms with Crippen molar-refractivity contribution >= 4 is 45.2 Å². The third-order valence-electron chi connectivity index (χ3n) is 3.86. The van der Waals surface area contributed by atoms with E-state index in [0.29, 0.717) is 11.3 Å². The van der Waals surface area contributed by atoms with E-state index in [1.165, 1.54) is 17.4 Å². The van der Waals surface area contributed by atoms with Crippen molar-refractivity contribution in [3.05, 3.63) is 68.8 Å². The lowest BCUT2D eigenvalue weighted by Gasteiger charge is -2.06. The highest BCUT2D eigenvalue weighted by molar-refractivity contribution is 7.20. The molecule has 0 radical (unpaired) electrons. The van der Waals surface area contributed by atoms with Crippen molar-refractivity contribution < 1.29 is 9.21 Å². The van der Waals surface area contributed by atoms with Gasteiger partial charge in [0.1, 0.15) is 10.6 Å². The second-order valence-electron chi connectivity index (χ2n) is 5.81. The molecule has 0 spiro atoms. The van der Waals surface area contributed by atoms with Crippen LogP contribution in [0.15, 0.2) is 56.4 Å². The second-order valence-corrected chi connectivity index (χ2v) is 7.61. The molecule has 26 heavy (non-hydrogen) atoms. The van der Waals surface area contributed by atoms with Crippen LogP contribution in [0.3, 0.4) is 0 Å². The van der Waals surface area contributed by atoms with E-state index >= 15 is 0 Å². The molecule has 0 atom stereocenters. The van der Waals surface area contributed by atoms with Crippen LogP contribution in [-0.4, -0.2) is 10.9 Å². The van der Waals surface area contributed by atoms with Gasteiger partial charge in [0.2, 0.25) is 5.91 Å². The molecule has 5 nitrogen and oxygen atoms in total. The number of benzene rings is 1. The average molecular weight is 382 g/mol. The van der Waals surface area contributed by atoms with Crippen molar-refractivity contribution in [1.29, 1.82) is 0 Å². The Hall–Kier alpha value is -2.77. The third-order valence-corrected chi connectivity index (χ3v) is 5.79. The largest absolute Gasteiger partial charge is 0.423 e. The first-order valence-electron chi connectivity index (χ1n) is 7.91. The summed E-state index contributed by atoms with van der Waals surface area (Å²) < 4.78 is 5.21. The van der Waals surface area contributed by atoms with E-state index in [1.807, 2.05) is 35.9 Å². The van der Waals surface area contributed by atoms with E-state index in [2.05, 4.69) is 10.3 Å². The molecule has 1 N–H and O–H groups in total. The van der Waals surface area contributed by atoms with Crippen LogP contribution in [0.1, 0.15) is 11.3 Å². The standard InChI is InChI=1S/C19H14N2O3S2/c1-11-7-18(23)24-15-8-12(4-5-14(11)15)20-17(22)9-13-10-26-19(21-13)16-3-2-6-25-16/h2-8,10H,9H2,1H3,(H,20,22). The van der Waals surface area contributed by atoms with Crippen LogP contribution in [0.4, 0.5) is 5.69 Å². The maximum Gasteiger partial charge on any atom is 0.336 e. The van der Waals surface area contributed by atoms with Crippen molar-refractivity contribution in [2.45, 2.75) is 13.3 Å². The van der Waals surface area contributed by atoms with E-state index in [4.69, 9.17) is 4.42 Å².